The predicted octanol–water partition coefficient (Wildman–Crippen LogP) is 6.31. The summed E-state index contributed by atoms with van der Waals surface area (Å²) in [6.45, 7) is 11.3. The van der Waals surface area contributed by atoms with Crippen molar-refractivity contribution in [2.45, 2.75) is 79.1 Å². The van der Waals surface area contributed by atoms with E-state index >= 15 is 0 Å². The second kappa shape index (κ2) is 19.2. The zero-order chi connectivity index (χ0) is 30.7. The van der Waals surface area contributed by atoms with Crippen LogP contribution in [-0.4, -0.2) is 26.4 Å². The molecule has 2 radical (unpaired) electrons. The van der Waals surface area contributed by atoms with E-state index in [9.17, 15) is 0 Å². The van der Waals surface area contributed by atoms with Crippen LogP contribution in [0.2, 0.25) is 0 Å². The van der Waals surface area contributed by atoms with Crippen molar-refractivity contribution in [2.75, 3.05) is 26.4 Å². The van der Waals surface area contributed by atoms with Crippen LogP contribution in [0.25, 0.3) is 0 Å². The summed E-state index contributed by atoms with van der Waals surface area (Å²) >= 11 is 0. The third-order valence-electron chi connectivity index (χ3n) is 7.96. The molecule has 0 atom stereocenters. The number of fused-ring (bicyclic) bond motifs is 7. The van der Waals surface area contributed by atoms with E-state index in [4.69, 9.17) is 18.9 Å². The molecule has 0 saturated carbocycles. The summed E-state index contributed by atoms with van der Waals surface area (Å²) in [4.78, 5) is 0. The molecule has 0 spiro atoms. The number of benzene rings is 3. The zero-order valence-corrected chi connectivity index (χ0v) is 34.3. The van der Waals surface area contributed by atoms with Crippen LogP contribution in [0.4, 0.5) is 0 Å². The molecule has 0 unspecified atom stereocenters. The smallest absolute Gasteiger partial charge is 1.00 e. The Balaban J connectivity index is 0.00000288. The van der Waals surface area contributed by atoms with Crippen LogP contribution >= 0.6 is 0 Å². The molecule has 8 bridgehead atoms. The molecule has 6 heteroatoms. The molecule has 0 fully saturated rings. The summed E-state index contributed by atoms with van der Waals surface area (Å²) in [5.74, 6) is 5.01. The van der Waals surface area contributed by atoms with E-state index in [2.05, 4.69) is 100 Å². The first-order valence-electron chi connectivity index (χ1n) is 16.5. The topological polar surface area (TPSA) is 36.9 Å². The average Bonchev–Trinajstić information content (AvgIpc) is 3.03. The minimum Gasteiger partial charge on any atom is -1.00 e. The van der Waals surface area contributed by atoms with Crippen molar-refractivity contribution in [1.82, 2.24) is 0 Å². The van der Waals surface area contributed by atoms with Crippen LogP contribution < -0.4 is 26.6 Å². The van der Waals surface area contributed by atoms with Crippen molar-refractivity contribution in [1.29, 1.82) is 0 Å². The Morgan fingerprint density at radius 3 is 1.28 bits per heavy atom. The number of ether oxygens (including phenoxy) is 4. The normalized spacial score (nSPS) is 13.8. The van der Waals surface area contributed by atoms with Gasteiger partial charge >= 0.3 is 27.7 Å². The van der Waals surface area contributed by atoms with Crippen LogP contribution in [0.1, 0.15) is 86.8 Å². The first kappa shape index (κ1) is 37.8. The summed E-state index contributed by atoms with van der Waals surface area (Å²) in [7, 11) is 0. The van der Waals surface area contributed by atoms with E-state index in [1.807, 2.05) is 0 Å². The fraction of sp³-hybridized carbons (Fsp3) is 0.400. The van der Waals surface area contributed by atoms with Crippen molar-refractivity contribution in [2.24, 2.45) is 0 Å². The van der Waals surface area contributed by atoms with Gasteiger partial charge in [0.25, 0.3) is 0 Å². The van der Waals surface area contributed by atoms with Gasteiger partial charge in [0.2, 0.25) is 0 Å². The van der Waals surface area contributed by atoms with E-state index in [0.717, 1.165) is 84.2 Å². The van der Waals surface area contributed by atoms with E-state index in [1.54, 1.807) is 0 Å². The Morgan fingerprint density at radius 2 is 0.870 bits per heavy atom. The Bertz CT molecular complexity index is 1520. The van der Waals surface area contributed by atoms with Crippen molar-refractivity contribution in [3.05, 3.63) is 123 Å². The molecule has 5 rings (SSSR count). The van der Waals surface area contributed by atoms with Crippen molar-refractivity contribution >= 4 is 0 Å². The zero-order valence-electron chi connectivity index (χ0n) is 28.1. The van der Waals surface area contributed by atoms with Crippen molar-refractivity contribution < 1.29 is 59.0 Å². The number of allylic oxidation sites excluding steroid dienone is 2. The summed E-state index contributed by atoms with van der Waals surface area (Å²) in [5.41, 5.74) is 11.6. The van der Waals surface area contributed by atoms with Crippen molar-refractivity contribution in [3.8, 4) is 17.2 Å². The standard InChI is InChI=1S/C40H47O4.ClH.Hg/c1-5-21-41-37-29-13-9-14-30(37)26-32-16-11-18-34(39(32)43-23-7-3)28-36-20-12-19-35(40(36)44-24-8-4)27-33-17-10-15-31(25-29)38(33)42-22-6-2;;/h9-11,13-20H,5-8,21-28H2,1-4H3;1H;/q;;+1/p-1. The molecular formula is C40H47ClHgO4. The van der Waals surface area contributed by atoms with Crippen LogP contribution in [0.3, 0.4) is 0 Å². The van der Waals surface area contributed by atoms with Gasteiger partial charge in [-0.3, -0.25) is 0 Å². The molecule has 0 amide bonds. The van der Waals surface area contributed by atoms with Crippen molar-refractivity contribution in [3.63, 3.8) is 0 Å². The van der Waals surface area contributed by atoms with E-state index in [-0.39, 0.29) is 40.1 Å². The van der Waals surface area contributed by atoms with Gasteiger partial charge in [0.1, 0.15) is 23.0 Å². The maximum absolute atomic E-state index is 6.53. The van der Waals surface area contributed by atoms with Crippen LogP contribution in [0, 0.1) is 5.92 Å². The molecular weight excluding hydrogens is 780 g/mol. The number of hydrogen-bond donors (Lipinski definition) is 0. The molecule has 3 aromatic carbocycles. The van der Waals surface area contributed by atoms with Gasteiger partial charge in [-0.05, 0) is 77.6 Å². The van der Waals surface area contributed by atoms with Crippen LogP contribution in [0.5, 0.6) is 17.2 Å². The molecule has 3 aromatic rings. The maximum atomic E-state index is 6.53. The third kappa shape index (κ3) is 9.24. The Hall–Kier alpha value is -2.65. The summed E-state index contributed by atoms with van der Waals surface area (Å²) in [5, 5.41) is 0. The van der Waals surface area contributed by atoms with E-state index < -0.39 is 0 Å². The van der Waals surface area contributed by atoms with Gasteiger partial charge in [-0.15, -0.1) is 5.73 Å². The summed E-state index contributed by atoms with van der Waals surface area (Å²) in [6, 6.07) is 19.7. The molecule has 240 valence electrons. The SMILES string of the molecule is CCCOC1=C2C=C=C[C]1Cc1cccc(c1OCCC)Cc1cccc(c1OCCC)Cc1cccc(c1OCCC)C2.[Cl-].[Hg+]. The van der Waals surface area contributed by atoms with E-state index in [0.29, 0.717) is 39.3 Å². The van der Waals surface area contributed by atoms with Gasteiger partial charge in [0.15, 0.2) is 0 Å². The molecule has 4 nitrogen and oxygen atoms in total. The average molecular weight is 828 g/mol. The third-order valence-corrected chi connectivity index (χ3v) is 7.96. The van der Waals surface area contributed by atoms with Gasteiger partial charge in [0, 0.05) is 24.8 Å². The number of hydrogen-bond acceptors (Lipinski definition) is 4. The molecule has 0 N–H and O–H groups in total. The number of para-hydroxylation sites is 3. The first-order valence-corrected chi connectivity index (χ1v) is 16.5. The van der Waals surface area contributed by atoms with Crippen LogP contribution in [0.15, 0.2) is 83.8 Å². The van der Waals surface area contributed by atoms with Gasteiger partial charge < -0.3 is 31.4 Å². The minimum absolute atomic E-state index is 0. The molecule has 2 aliphatic carbocycles. The minimum atomic E-state index is 0. The Kier molecular flexibility index (Phi) is 15.8. The fourth-order valence-electron chi connectivity index (χ4n) is 5.97. The molecule has 46 heavy (non-hydrogen) atoms. The Morgan fingerprint density at radius 1 is 0.500 bits per heavy atom. The fourth-order valence-corrected chi connectivity index (χ4v) is 5.97. The first-order chi connectivity index (χ1) is 21.7. The molecule has 2 aliphatic rings. The van der Waals surface area contributed by atoms with Gasteiger partial charge in [-0.25, -0.2) is 0 Å². The molecule has 0 aliphatic heterocycles. The summed E-state index contributed by atoms with van der Waals surface area (Å²) < 4.78 is 26.1. The quantitative estimate of drug-likeness (QED) is 0.159. The molecule has 0 aromatic heterocycles. The number of rotatable bonds is 12. The summed E-state index contributed by atoms with van der Waals surface area (Å²) in [6.07, 6.45) is 10.8. The van der Waals surface area contributed by atoms with E-state index in [1.165, 1.54) is 22.3 Å². The van der Waals surface area contributed by atoms with Gasteiger partial charge in [0.05, 0.1) is 32.3 Å². The maximum Gasteiger partial charge on any atom is 1.00 e. The monoisotopic (exact) mass is 828 g/mol. The second-order valence-corrected chi connectivity index (χ2v) is 11.7. The second-order valence-electron chi connectivity index (χ2n) is 11.7. The predicted molar refractivity (Wildman–Crippen MR) is 179 cm³/mol. The largest absolute Gasteiger partial charge is 1.00 e. The Labute approximate surface area is 303 Å². The molecule has 0 heterocycles. The van der Waals surface area contributed by atoms with Gasteiger partial charge in [-0.1, -0.05) is 82.3 Å². The van der Waals surface area contributed by atoms with Crippen LogP contribution in [-0.2, 0) is 58.1 Å². The molecule has 0 saturated heterocycles. The van der Waals surface area contributed by atoms with Gasteiger partial charge in [-0.2, -0.15) is 0 Å². The number of halogens is 1.